The molecule has 18 heavy (non-hydrogen) atoms. The zero-order valence-electron chi connectivity index (χ0n) is 11.0. The highest BCUT2D eigenvalue weighted by Crippen LogP contribution is 2.57. The molecule has 0 saturated heterocycles. The van der Waals surface area contributed by atoms with Crippen LogP contribution in [0.2, 0.25) is 0 Å². The average molecular weight is 252 g/mol. The van der Waals surface area contributed by atoms with E-state index in [9.17, 15) is 9.59 Å². The minimum absolute atomic E-state index is 0.0623. The summed E-state index contributed by atoms with van der Waals surface area (Å²) in [5, 5.41) is 0. The van der Waals surface area contributed by atoms with Crippen LogP contribution >= 0.6 is 0 Å². The number of carbonyl (C=O) groups excluding carboxylic acids is 2. The minimum Gasteiger partial charge on any atom is -0.469 e. The summed E-state index contributed by atoms with van der Waals surface area (Å²) in [7, 11) is 2.85. The second kappa shape index (κ2) is 4.75. The molecule has 2 bridgehead atoms. The molecule has 4 heteroatoms. The number of ether oxygens (including phenoxy) is 2. The van der Waals surface area contributed by atoms with Gasteiger partial charge in [-0.3, -0.25) is 4.79 Å². The molecule has 0 atom stereocenters. The van der Waals surface area contributed by atoms with E-state index < -0.39 is 0 Å². The summed E-state index contributed by atoms with van der Waals surface area (Å²) in [4.78, 5) is 23.0. The lowest BCUT2D eigenvalue weighted by Gasteiger charge is -2.50. The van der Waals surface area contributed by atoms with E-state index in [1.54, 1.807) is 0 Å². The highest BCUT2D eigenvalue weighted by Gasteiger charge is 2.52. The zero-order valence-corrected chi connectivity index (χ0v) is 11.0. The normalized spacial score (nSPS) is 34.6. The SMILES string of the molecule is COC(=O)/C=C/C12CCC(C(=O)OC)(CC1)CC2. The van der Waals surface area contributed by atoms with E-state index >= 15 is 0 Å². The summed E-state index contributed by atoms with van der Waals surface area (Å²) in [6.07, 6.45) is 8.97. The summed E-state index contributed by atoms with van der Waals surface area (Å²) in [6.45, 7) is 0. The molecule has 100 valence electrons. The molecule has 0 radical (unpaired) electrons. The smallest absolute Gasteiger partial charge is 0.330 e. The van der Waals surface area contributed by atoms with Crippen molar-refractivity contribution in [3.05, 3.63) is 12.2 Å². The minimum atomic E-state index is -0.306. The Kier molecular flexibility index (Phi) is 3.46. The summed E-state index contributed by atoms with van der Waals surface area (Å²) < 4.78 is 9.55. The number of methoxy groups -OCH3 is 2. The molecular weight excluding hydrogens is 232 g/mol. The second-order valence-electron chi connectivity index (χ2n) is 5.49. The van der Waals surface area contributed by atoms with E-state index in [2.05, 4.69) is 4.74 Å². The quantitative estimate of drug-likeness (QED) is 0.571. The number of esters is 2. The third-order valence-corrected chi connectivity index (χ3v) is 4.70. The molecule has 0 aromatic heterocycles. The van der Waals surface area contributed by atoms with Crippen molar-refractivity contribution in [2.45, 2.75) is 38.5 Å². The molecule has 0 aromatic rings. The Morgan fingerprint density at radius 3 is 1.94 bits per heavy atom. The number of carbonyl (C=O) groups is 2. The topological polar surface area (TPSA) is 52.6 Å². The first-order valence-electron chi connectivity index (χ1n) is 6.41. The molecule has 0 amide bonds. The molecule has 0 aliphatic heterocycles. The summed E-state index contributed by atoms with van der Waals surface area (Å²) >= 11 is 0. The van der Waals surface area contributed by atoms with Crippen molar-refractivity contribution >= 4 is 11.9 Å². The Morgan fingerprint density at radius 1 is 0.944 bits per heavy atom. The van der Waals surface area contributed by atoms with Gasteiger partial charge in [0.15, 0.2) is 0 Å². The largest absolute Gasteiger partial charge is 0.469 e. The Hall–Kier alpha value is -1.32. The molecule has 3 rings (SSSR count). The van der Waals surface area contributed by atoms with Gasteiger partial charge in [0, 0.05) is 6.08 Å². The number of hydrogen-bond acceptors (Lipinski definition) is 4. The predicted molar refractivity (Wildman–Crippen MR) is 65.7 cm³/mol. The van der Waals surface area contributed by atoms with Gasteiger partial charge in [-0.2, -0.15) is 0 Å². The molecular formula is C14H20O4. The van der Waals surface area contributed by atoms with Gasteiger partial charge in [0.1, 0.15) is 0 Å². The number of hydrogen-bond donors (Lipinski definition) is 0. The van der Waals surface area contributed by atoms with Crippen LogP contribution in [0.25, 0.3) is 0 Å². The first-order chi connectivity index (χ1) is 8.56. The standard InChI is InChI=1S/C14H20O4/c1-17-11(15)3-4-13-5-8-14(9-6-13,10-7-13)12(16)18-2/h3-4H,5-10H2,1-2H3/b4-3+. The van der Waals surface area contributed by atoms with Crippen molar-refractivity contribution in [1.82, 2.24) is 0 Å². The lowest BCUT2D eigenvalue weighted by Crippen LogP contribution is -2.45. The summed E-state index contributed by atoms with van der Waals surface area (Å²) in [6, 6.07) is 0. The highest BCUT2D eigenvalue weighted by molar-refractivity contribution is 5.82. The Bertz CT molecular complexity index is 359. The van der Waals surface area contributed by atoms with Crippen molar-refractivity contribution in [3.8, 4) is 0 Å². The van der Waals surface area contributed by atoms with Crippen LogP contribution in [0.15, 0.2) is 12.2 Å². The Labute approximate surface area is 107 Å². The molecule has 0 spiro atoms. The van der Waals surface area contributed by atoms with E-state index in [1.165, 1.54) is 20.3 Å². The number of allylic oxidation sites excluding steroid dienone is 1. The van der Waals surface area contributed by atoms with Crippen molar-refractivity contribution < 1.29 is 19.1 Å². The lowest BCUT2D eigenvalue weighted by atomic mass is 9.53. The van der Waals surface area contributed by atoms with Crippen LogP contribution in [-0.4, -0.2) is 26.2 Å². The fraction of sp³-hybridized carbons (Fsp3) is 0.714. The van der Waals surface area contributed by atoms with E-state index in [0.29, 0.717) is 0 Å². The van der Waals surface area contributed by atoms with Crippen molar-refractivity contribution in [3.63, 3.8) is 0 Å². The average Bonchev–Trinajstić information content (AvgIpc) is 2.45. The summed E-state index contributed by atoms with van der Waals surface area (Å²) in [5.41, 5.74) is -0.167. The maximum Gasteiger partial charge on any atom is 0.330 e. The first kappa shape index (κ1) is 13.1. The van der Waals surface area contributed by atoms with Crippen LogP contribution < -0.4 is 0 Å². The molecule has 0 N–H and O–H groups in total. The van der Waals surface area contributed by atoms with Gasteiger partial charge in [-0.15, -0.1) is 0 Å². The van der Waals surface area contributed by atoms with Crippen LogP contribution in [0.3, 0.4) is 0 Å². The van der Waals surface area contributed by atoms with Gasteiger partial charge in [0.05, 0.1) is 19.6 Å². The lowest BCUT2D eigenvalue weighted by molar-refractivity contribution is -0.161. The van der Waals surface area contributed by atoms with Gasteiger partial charge in [0.25, 0.3) is 0 Å². The fourth-order valence-electron chi connectivity index (χ4n) is 3.30. The maximum absolute atomic E-state index is 11.8. The fourth-order valence-corrected chi connectivity index (χ4v) is 3.30. The van der Waals surface area contributed by atoms with Crippen LogP contribution in [0.1, 0.15) is 38.5 Å². The maximum atomic E-state index is 11.8. The monoisotopic (exact) mass is 252 g/mol. The Balaban J connectivity index is 2.06. The van der Waals surface area contributed by atoms with Crippen molar-refractivity contribution in [2.24, 2.45) is 10.8 Å². The van der Waals surface area contributed by atoms with Gasteiger partial charge in [-0.25, -0.2) is 4.79 Å². The number of fused-ring (bicyclic) bond motifs is 3. The molecule has 3 aliphatic rings. The zero-order chi connectivity index (χ0) is 13.2. The van der Waals surface area contributed by atoms with E-state index in [4.69, 9.17) is 4.74 Å². The third-order valence-electron chi connectivity index (χ3n) is 4.70. The van der Waals surface area contributed by atoms with Gasteiger partial charge in [-0.05, 0) is 43.9 Å². The predicted octanol–water partition coefficient (Wildman–Crippen LogP) is 2.23. The summed E-state index contributed by atoms with van der Waals surface area (Å²) in [5.74, 6) is -0.368. The molecule has 3 fully saturated rings. The van der Waals surface area contributed by atoms with Crippen LogP contribution in [0, 0.1) is 10.8 Å². The molecule has 0 aromatic carbocycles. The molecule has 0 heterocycles. The van der Waals surface area contributed by atoms with Gasteiger partial charge < -0.3 is 9.47 Å². The van der Waals surface area contributed by atoms with E-state index in [0.717, 1.165) is 38.5 Å². The molecule has 3 aliphatic carbocycles. The molecule has 3 saturated carbocycles. The second-order valence-corrected chi connectivity index (χ2v) is 5.49. The highest BCUT2D eigenvalue weighted by atomic mass is 16.5. The van der Waals surface area contributed by atoms with Gasteiger partial charge >= 0.3 is 11.9 Å². The van der Waals surface area contributed by atoms with E-state index in [1.807, 2.05) is 6.08 Å². The van der Waals surface area contributed by atoms with Crippen LogP contribution in [-0.2, 0) is 19.1 Å². The Morgan fingerprint density at radius 2 is 1.50 bits per heavy atom. The molecule has 0 unspecified atom stereocenters. The van der Waals surface area contributed by atoms with Crippen LogP contribution in [0.5, 0.6) is 0 Å². The number of rotatable bonds is 3. The molecule has 4 nitrogen and oxygen atoms in total. The van der Waals surface area contributed by atoms with E-state index in [-0.39, 0.29) is 22.8 Å². The first-order valence-corrected chi connectivity index (χ1v) is 6.41. The third kappa shape index (κ3) is 2.16. The van der Waals surface area contributed by atoms with Crippen molar-refractivity contribution in [1.29, 1.82) is 0 Å². The van der Waals surface area contributed by atoms with Crippen LogP contribution in [0.4, 0.5) is 0 Å². The van der Waals surface area contributed by atoms with Crippen molar-refractivity contribution in [2.75, 3.05) is 14.2 Å². The van der Waals surface area contributed by atoms with Gasteiger partial charge in [-0.1, -0.05) is 6.08 Å². The van der Waals surface area contributed by atoms with Gasteiger partial charge in [0.2, 0.25) is 0 Å².